The van der Waals surface area contributed by atoms with E-state index in [9.17, 15) is 0 Å². The van der Waals surface area contributed by atoms with Gasteiger partial charge in [0.1, 0.15) is 0 Å². The Kier molecular flexibility index (Phi) is 3.70. The molecule has 1 aromatic rings. The van der Waals surface area contributed by atoms with Crippen molar-refractivity contribution in [2.75, 3.05) is 13.1 Å². The van der Waals surface area contributed by atoms with Crippen LogP contribution in [0.15, 0.2) is 17.5 Å². The first-order valence-electron chi connectivity index (χ1n) is 6.30. The molecule has 16 heavy (non-hydrogen) atoms. The van der Waals surface area contributed by atoms with Gasteiger partial charge in [-0.05, 0) is 48.7 Å². The van der Waals surface area contributed by atoms with Gasteiger partial charge in [-0.1, -0.05) is 26.8 Å². The molecule has 2 heterocycles. The molecule has 0 aliphatic carbocycles. The Balaban J connectivity index is 1.82. The summed E-state index contributed by atoms with van der Waals surface area (Å²) >= 11 is 1.88. The fourth-order valence-electron chi connectivity index (χ4n) is 2.58. The number of hydrogen-bond acceptors (Lipinski definition) is 2. The highest BCUT2D eigenvalue weighted by Crippen LogP contribution is 2.34. The van der Waals surface area contributed by atoms with E-state index in [2.05, 4.69) is 43.2 Å². The quantitative estimate of drug-likeness (QED) is 0.751. The van der Waals surface area contributed by atoms with Gasteiger partial charge >= 0.3 is 0 Å². The lowest BCUT2D eigenvalue weighted by Crippen LogP contribution is -2.37. The second kappa shape index (κ2) is 4.89. The Hall–Kier alpha value is -0.340. The van der Waals surface area contributed by atoms with Crippen molar-refractivity contribution in [3.8, 4) is 0 Å². The zero-order valence-electron chi connectivity index (χ0n) is 10.7. The molecule has 2 rings (SSSR count). The standard InChI is InChI=1S/C14H23NS/c1-14(2,3)12-6-8-15(9-7-12)11-13-5-4-10-16-13/h4-5,10,12H,6-9,11H2,1-3H3. The Morgan fingerprint density at radius 2 is 2.00 bits per heavy atom. The highest BCUT2D eigenvalue weighted by atomic mass is 32.1. The van der Waals surface area contributed by atoms with Gasteiger partial charge in [0.05, 0.1) is 0 Å². The summed E-state index contributed by atoms with van der Waals surface area (Å²) in [5, 5.41) is 2.18. The minimum Gasteiger partial charge on any atom is -0.298 e. The second-order valence-corrected chi connectivity index (χ2v) is 7.03. The van der Waals surface area contributed by atoms with Crippen LogP contribution < -0.4 is 0 Å². The van der Waals surface area contributed by atoms with Crippen LogP contribution in [0.4, 0.5) is 0 Å². The molecular weight excluding hydrogens is 214 g/mol. The summed E-state index contributed by atoms with van der Waals surface area (Å²) in [6.07, 6.45) is 2.74. The van der Waals surface area contributed by atoms with E-state index in [-0.39, 0.29) is 0 Å². The highest BCUT2D eigenvalue weighted by molar-refractivity contribution is 7.09. The predicted octanol–water partition coefficient (Wildman–Crippen LogP) is 4.01. The van der Waals surface area contributed by atoms with E-state index < -0.39 is 0 Å². The SMILES string of the molecule is CC(C)(C)C1CCN(Cc2cccs2)CC1. The lowest BCUT2D eigenvalue weighted by Gasteiger charge is -2.38. The van der Waals surface area contributed by atoms with Crippen molar-refractivity contribution in [1.29, 1.82) is 0 Å². The molecule has 1 aliphatic heterocycles. The molecule has 0 N–H and O–H groups in total. The maximum Gasteiger partial charge on any atom is 0.0327 e. The largest absolute Gasteiger partial charge is 0.298 e. The lowest BCUT2D eigenvalue weighted by molar-refractivity contribution is 0.109. The van der Waals surface area contributed by atoms with Crippen molar-refractivity contribution in [3.63, 3.8) is 0 Å². The number of hydrogen-bond donors (Lipinski definition) is 0. The Morgan fingerprint density at radius 1 is 1.31 bits per heavy atom. The molecule has 0 saturated carbocycles. The molecule has 90 valence electrons. The van der Waals surface area contributed by atoms with Gasteiger partial charge in [-0.25, -0.2) is 0 Å². The van der Waals surface area contributed by atoms with E-state index in [1.807, 2.05) is 11.3 Å². The lowest BCUT2D eigenvalue weighted by atomic mass is 9.75. The summed E-state index contributed by atoms with van der Waals surface area (Å²) in [6, 6.07) is 4.41. The van der Waals surface area contributed by atoms with Crippen LogP contribution in [0.25, 0.3) is 0 Å². The molecule has 0 amide bonds. The molecule has 0 aromatic carbocycles. The molecule has 0 atom stereocenters. The third-order valence-electron chi connectivity index (χ3n) is 3.77. The van der Waals surface area contributed by atoms with Crippen molar-refractivity contribution >= 4 is 11.3 Å². The van der Waals surface area contributed by atoms with Crippen LogP contribution in [-0.4, -0.2) is 18.0 Å². The van der Waals surface area contributed by atoms with Crippen LogP contribution in [0.1, 0.15) is 38.5 Å². The molecule has 1 fully saturated rings. The summed E-state index contributed by atoms with van der Waals surface area (Å²) in [5.41, 5.74) is 0.495. The van der Waals surface area contributed by atoms with E-state index in [1.54, 1.807) is 0 Å². The zero-order chi connectivity index (χ0) is 11.6. The number of nitrogens with zero attached hydrogens (tertiary/aromatic N) is 1. The molecule has 0 unspecified atom stereocenters. The Bertz CT molecular complexity index is 302. The zero-order valence-corrected chi connectivity index (χ0v) is 11.5. The van der Waals surface area contributed by atoms with Gasteiger partial charge in [-0.3, -0.25) is 4.90 Å². The van der Waals surface area contributed by atoms with Gasteiger partial charge in [-0.15, -0.1) is 11.3 Å². The number of rotatable bonds is 2. The molecule has 0 bridgehead atoms. The fourth-order valence-corrected chi connectivity index (χ4v) is 3.33. The number of thiophene rings is 1. The molecule has 1 saturated heterocycles. The van der Waals surface area contributed by atoms with Crippen molar-refractivity contribution < 1.29 is 0 Å². The Labute approximate surface area is 103 Å². The first kappa shape index (κ1) is 12.1. The topological polar surface area (TPSA) is 3.24 Å². The van der Waals surface area contributed by atoms with E-state index in [0.717, 1.165) is 12.5 Å². The first-order chi connectivity index (χ1) is 7.55. The maximum absolute atomic E-state index is 2.61. The van der Waals surface area contributed by atoms with Crippen LogP contribution in [0.5, 0.6) is 0 Å². The molecule has 0 radical (unpaired) electrons. The fraction of sp³-hybridized carbons (Fsp3) is 0.714. The molecule has 0 spiro atoms. The predicted molar refractivity (Wildman–Crippen MR) is 71.8 cm³/mol. The van der Waals surface area contributed by atoms with E-state index in [0.29, 0.717) is 5.41 Å². The first-order valence-corrected chi connectivity index (χ1v) is 7.18. The number of likely N-dealkylation sites (tertiary alicyclic amines) is 1. The third-order valence-corrected chi connectivity index (χ3v) is 4.63. The van der Waals surface area contributed by atoms with Crippen LogP contribution >= 0.6 is 11.3 Å². The molecule has 1 nitrogen and oxygen atoms in total. The minimum atomic E-state index is 0.495. The van der Waals surface area contributed by atoms with Crippen LogP contribution in [0, 0.1) is 11.3 Å². The summed E-state index contributed by atoms with van der Waals surface area (Å²) < 4.78 is 0. The average Bonchev–Trinajstić information content (AvgIpc) is 2.70. The van der Waals surface area contributed by atoms with Gasteiger partial charge in [0, 0.05) is 11.4 Å². The van der Waals surface area contributed by atoms with Crippen LogP contribution in [-0.2, 0) is 6.54 Å². The van der Waals surface area contributed by atoms with Crippen molar-refractivity contribution in [2.45, 2.75) is 40.2 Å². The van der Waals surface area contributed by atoms with E-state index in [1.165, 1.54) is 30.8 Å². The van der Waals surface area contributed by atoms with Crippen LogP contribution in [0.2, 0.25) is 0 Å². The number of piperidine rings is 1. The monoisotopic (exact) mass is 237 g/mol. The van der Waals surface area contributed by atoms with Crippen molar-refractivity contribution in [3.05, 3.63) is 22.4 Å². The molecule has 1 aliphatic rings. The summed E-state index contributed by atoms with van der Waals surface area (Å²) in [6.45, 7) is 10.9. The second-order valence-electron chi connectivity index (χ2n) is 6.00. The molecular formula is C14H23NS. The van der Waals surface area contributed by atoms with Gasteiger partial charge in [0.2, 0.25) is 0 Å². The Morgan fingerprint density at radius 3 is 2.50 bits per heavy atom. The van der Waals surface area contributed by atoms with Gasteiger partial charge < -0.3 is 0 Å². The summed E-state index contributed by atoms with van der Waals surface area (Å²) in [4.78, 5) is 4.11. The van der Waals surface area contributed by atoms with E-state index >= 15 is 0 Å². The van der Waals surface area contributed by atoms with E-state index in [4.69, 9.17) is 0 Å². The normalized spacial score (nSPS) is 20.2. The third kappa shape index (κ3) is 3.08. The van der Waals surface area contributed by atoms with Crippen LogP contribution in [0.3, 0.4) is 0 Å². The van der Waals surface area contributed by atoms with Gasteiger partial charge in [-0.2, -0.15) is 0 Å². The molecule has 1 aromatic heterocycles. The average molecular weight is 237 g/mol. The highest BCUT2D eigenvalue weighted by Gasteiger charge is 2.28. The van der Waals surface area contributed by atoms with Crippen molar-refractivity contribution in [1.82, 2.24) is 4.90 Å². The van der Waals surface area contributed by atoms with Gasteiger partial charge in [0.25, 0.3) is 0 Å². The maximum atomic E-state index is 2.61. The van der Waals surface area contributed by atoms with Gasteiger partial charge in [0.15, 0.2) is 0 Å². The molecule has 2 heteroatoms. The summed E-state index contributed by atoms with van der Waals surface area (Å²) in [5.74, 6) is 0.909. The smallest absolute Gasteiger partial charge is 0.0327 e. The van der Waals surface area contributed by atoms with Crippen molar-refractivity contribution in [2.24, 2.45) is 11.3 Å². The summed E-state index contributed by atoms with van der Waals surface area (Å²) in [7, 11) is 0. The minimum absolute atomic E-state index is 0.495.